The minimum Gasteiger partial charge on any atom is -0.370 e. The Kier molecular flexibility index (Phi) is 7.03. The van der Waals surface area contributed by atoms with E-state index < -0.39 is 0 Å². The molecule has 2 aliphatic heterocycles. The lowest BCUT2D eigenvalue weighted by Gasteiger charge is -2.30. The molecule has 0 atom stereocenters. The molecule has 2 N–H and O–H groups in total. The van der Waals surface area contributed by atoms with Crippen LogP contribution in [-0.2, 0) is 0 Å². The number of amides is 2. The summed E-state index contributed by atoms with van der Waals surface area (Å²) in [4.78, 5) is 16.9. The molecule has 26 heavy (non-hydrogen) atoms. The molecule has 2 heterocycles. The van der Waals surface area contributed by atoms with Crippen LogP contribution in [0.4, 0.5) is 16.2 Å². The molecule has 1 aromatic rings. The number of halogens is 1. The van der Waals surface area contributed by atoms with Crippen molar-refractivity contribution in [2.24, 2.45) is 5.92 Å². The lowest BCUT2D eigenvalue weighted by atomic mass is 9.99. The van der Waals surface area contributed by atoms with Gasteiger partial charge in [0.2, 0.25) is 0 Å². The maximum Gasteiger partial charge on any atom is 0.319 e. The third-order valence-corrected chi connectivity index (χ3v) is 5.79. The van der Waals surface area contributed by atoms with Crippen LogP contribution in [0.5, 0.6) is 0 Å². The van der Waals surface area contributed by atoms with E-state index in [0.29, 0.717) is 11.6 Å². The van der Waals surface area contributed by atoms with Gasteiger partial charge < -0.3 is 20.4 Å². The van der Waals surface area contributed by atoms with E-state index in [1.54, 1.807) is 0 Å². The van der Waals surface area contributed by atoms with Crippen molar-refractivity contribution >= 4 is 29.0 Å². The fraction of sp³-hybridized carbons (Fsp3) is 0.650. The number of likely N-dealkylation sites (tertiary alicyclic amines) is 1. The number of anilines is 2. The number of carbonyl (C=O) groups is 1. The van der Waals surface area contributed by atoms with Crippen LogP contribution in [0.3, 0.4) is 0 Å². The van der Waals surface area contributed by atoms with Crippen LogP contribution < -0.4 is 15.5 Å². The third-order valence-electron chi connectivity index (χ3n) is 5.49. The number of nitrogens with one attached hydrogen (secondary N) is 2. The first-order valence-electron chi connectivity index (χ1n) is 9.93. The zero-order chi connectivity index (χ0) is 18.4. The molecule has 0 spiro atoms. The zero-order valence-electron chi connectivity index (χ0n) is 15.8. The van der Waals surface area contributed by atoms with Crippen LogP contribution >= 0.6 is 11.6 Å². The molecule has 3 rings (SSSR count). The topological polar surface area (TPSA) is 47.6 Å². The maximum atomic E-state index is 12.1. The molecule has 0 unspecified atom stereocenters. The van der Waals surface area contributed by atoms with E-state index in [9.17, 15) is 4.79 Å². The standard InChI is InChI=1S/C20H31ClN4O/c1-16-7-12-24(13-8-16)14-9-22-20(26)23-17-5-6-19(18(21)15-17)25-10-3-2-4-11-25/h5-6,15-16H,2-4,7-14H2,1H3,(H2,22,23,26). The van der Waals surface area contributed by atoms with Gasteiger partial charge in [-0.2, -0.15) is 0 Å². The molecule has 0 bridgehead atoms. The van der Waals surface area contributed by atoms with Crippen LogP contribution in [0.15, 0.2) is 18.2 Å². The van der Waals surface area contributed by atoms with Gasteiger partial charge in [0.15, 0.2) is 0 Å². The first kappa shape index (κ1) is 19.3. The van der Waals surface area contributed by atoms with Gasteiger partial charge in [-0.25, -0.2) is 4.79 Å². The van der Waals surface area contributed by atoms with Crippen LogP contribution in [-0.4, -0.2) is 50.2 Å². The van der Waals surface area contributed by atoms with Crippen molar-refractivity contribution in [1.82, 2.24) is 10.2 Å². The van der Waals surface area contributed by atoms with Gasteiger partial charge >= 0.3 is 6.03 Å². The summed E-state index contributed by atoms with van der Waals surface area (Å²) in [6.45, 7) is 8.28. The number of nitrogens with zero attached hydrogens (tertiary/aromatic N) is 2. The minimum absolute atomic E-state index is 0.169. The Bertz CT molecular complexity index is 595. The lowest BCUT2D eigenvalue weighted by molar-refractivity contribution is 0.192. The van der Waals surface area contributed by atoms with Crippen molar-refractivity contribution < 1.29 is 4.79 Å². The van der Waals surface area contributed by atoms with Crippen LogP contribution in [0.1, 0.15) is 39.0 Å². The molecule has 0 aliphatic carbocycles. The Morgan fingerprint density at radius 3 is 2.58 bits per heavy atom. The summed E-state index contributed by atoms with van der Waals surface area (Å²) in [6.07, 6.45) is 6.25. The molecular formula is C20H31ClN4O. The van der Waals surface area contributed by atoms with Gasteiger partial charge in [0, 0.05) is 31.9 Å². The highest BCUT2D eigenvalue weighted by atomic mass is 35.5. The van der Waals surface area contributed by atoms with E-state index in [4.69, 9.17) is 11.6 Å². The van der Waals surface area contributed by atoms with Crippen LogP contribution in [0.25, 0.3) is 0 Å². The quantitative estimate of drug-likeness (QED) is 0.807. The van der Waals surface area contributed by atoms with Gasteiger partial charge in [0.05, 0.1) is 10.7 Å². The molecule has 1 aromatic carbocycles. The molecule has 2 fully saturated rings. The van der Waals surface area contributed by atoms with Crippen LogP contribution in [0, 0.1) is 5.92 Å². The predicted octanol–water partition coefficient (Wildman–Crippen LogP) is 4.18. The Morgan fingerprint density at radius 1 is 1.15 bits per heavy atom. The molecule has 6 heteroatoms. The van der Waals surface area contributed by atoms with Gasteiger partial charge in [0.1, 0.15) is 0 Å². The SMILES string of the molecule is CC1CCN(CCNC(=O)Nc2ccc(N3CCCCC3)c(Cl)c2)CC1. The van der Waals surface area contributed by atoms with E-state index in [2.05, 4.69) is 27.4 Å². The van der Waals surface area contributed by atoms with Gasteiger partial charge in [-0.1, -0.05) is 18.5 Å². The summed E-state index contributed by atoms with van der Waals surface area (Å²) < 4.78 is 0. The number of urea groups is 1. The fourth-order valence-corrected chi connectivity index (χ4v) is 4.06. The van der Waals surface area contributed by atoms with Crippen molar-refractivity contribution in [3.05, 3.63) is 23.2 Å². The number of carbonyl (C=O) groups excluding carboxylic acids is 1. The fourth-order valence-electron chi connectivity index (χ4n) is 3.76. The highest BCUT2D eigenvalue weighted by Gasteiger charge is 2.16. The second kappa shape index (κ2) is 9.47. The van der Waals surface area contributed by atoms with Crippen molar-refractivity contribution in [1.29, 1.82) is 0 Å². The molecule has 144 valence electrons. The van der Waals surface area contributed by atoms with Gasteiger partial charge in [-0.15, -0.1) is 0 Å². The average Bonchev–Trinajstić information content (AvgIpc) is 2.64. The van der Waals surface area contributed by atoms with Gasteiger partial charge in [0.25, 0.3) is 0 Å². The van der Waals surface area contributed by atoms with E-state index >= 15 is 0 Å². The molecule has 0 saturated carbocycles. The van der Waals surface area contributed by atoms with E-state index in [1.165, 1.54) is 32.1 Å². The largest absolute Gasteiger partial charge is 0.370 e. The number of hydrogen-bond acceptors (Lipinski definition) is 3. The van der Waals surface area contributed by atoms with Gasteiger partial charge in [-0.3, -0.25) is 0 Å². The van der Waals surface area contributed by atoms with Crippen molar-refractivity contribution in [3.63, 3.8) is 0 Å². The number of rotatable bonds is 5. The van der Waals surface area contributed by atoms with Crippen molar-refractivity contribution in [3.8, 4) is 0 Å². The molecule has 2 aliphatic rings. The highest BCUT2D eigenvalue weighted by molar-refractivity contribution is 6.33. The number of hydrogen-bond donors (Lipinski definition) is 2. The van der Waals surface area contributed by atoms with Crippen molar-refractivity contribution in [2.45, 2.75) is 39.0 Å². The Hall–Kier alpha value is -1.46. The Labute approximate surface area is 162 Å². The molecule has 2 amide bonds. The summed E-state index contributed by atoms with van der Waals surface area (Å²) in [5.74, 6) is 0.833. The third kappa shape index (κ3) is 5.52. The average molecular weight is 379 g/mol. The van der Waals surface area contributed by atoms with Crippen molar-refractivity contribution in [2.75, 3.05) is 49.5 Å². The summed E-state index contributed by atoms with van der Waals surface area (Å²) in [7, 11) is 0. The van der Waals surface area contributed by atoms with E-state index in [-0.39, 0.29) is 6.03 Å². The molecule has 5 nitrogen and oxygen atoms in total. The molecular weight excluding hydrogens is 348 g/mol. The smallest absolute Gasteiger partial charge is 0.319 e. The number of benzene rings is 1. The summed E-state index contributed by atoms with van der Waals surface area (Å²) in [5, 5.41) is 6.53. The Balaban J connectivity index is 1.43. The first-order chi connectivity index (χ1) is 12.6. The lowest BCUT2D eigenvalue weighted by Crippen LogP contribution is -2.40. The van der Waals surface area contributed by atoms with Crippen LogP contribution in [0.2, 0.25) is 5.02 Å². The Morgan fingerprint density at radius 2 is 1.88 bits per heavy atom. The normalized spacial score (nSPS) is 19.4. The second-order valence-electron chi connectivity index (χ2n) is 7.62. The summed E-state index contributed by atoms with van der Waals surface area (Å²) in [5.41, 5.74) is 1.80. The molecule has 2 saturated heterocycles. The van der Waals surface area contributed by atoms with E-state index in [0.717, 1.165) is 50.0 Å². The maximum absolute atomic E-state index is 12.1. The summed E-state index contributed by atoms with van der Waals surface area (Å²) in [6, 6.07) is 5.62. The highest BCUT2D eigenvalue weighted by Crippen LogP contribution is 2.30. The second-order valence-corrected chi connectivity index (χ2v) is 8.03. The van der Waals surface area contributed by atoms with E-state index in [1.807, 2.05) is 18.2 Å². The molecule has 0 aromatic heterocycles. The summed E-state index contributed by atoms with van der Waals surface area (Å²) >= 11 is 6.44. The predicted molar refractivity (Wildman–Crippen MR) is 109 cm³/mol. The monoisotopic (exact) mass is 378 g/mol. The number of piperidine rings is 2. The first-order valence-corrected chi connectivity index (χ1v) is 10.3. The zero-order valence-corrected chi connectivity index (χ0v) is 16.5. The minimum atomic E-state index is -0.169. The molecule has 0 radical (unpaired) electrons. The van der Waals surface area contributed by atoms with Gasteiger partial charge in [-0.05, 0) is 69.3 Å².